The highest BCUT2D eigenvalue weighted by atomic mass is 19.1. The van der Waals surface area contributed by atoms with Crippen molar-refractivity contribution in [1.29, 1.82) is 0 Å². The molecule has 0 saturated heterocycles. The molecule has 92 valence electrons. The smallest absolute Gasteiger partial charge is 0.255 e. The molecule has 2 aromatic carbocycles. The van der Waals surface area contributed by atoms with Crippen LogP contribution in [0.3, 0.4) is 0 Å². The number of aliphatic hydroxyl groups excluding tert-OH is 1. The summed E-state index contributed by atoms with van der Waals surface area (Å²) >= 11 is 0. The van der Waals surface area contributed by atoms with Crippen molar-refractivity contribution in [2.45, 2.75) is 6.61 Å². The van der Waals surface area contributed by atoms with Gasteiger partial charge in [-0.05, 0) is 35.9 Å². The van der Waals surface area contributed by atoms with Gasteiger partial charge in [0.2, 0.25) is 0 Å². The van der Waals surface area contributed by atoms with E-state index in [2.05, 4.69) is 5.32 Å². The first-order valence-corrected chi connectivity index (χ1v) is 5.46. The molecule has 2 rings (SSSR count). The van der Waals surface area contributed by atoms with Gasteiger partial charge < -0.3 is 10.4 Å². The van der Waals surface area contributed by atoms with Gasteiger partial charge in [0.15, 0.2) is 0 Å². The molecule has 18 heavy (non-hydrogen) atoms. The monoisotopic (exact) mass is 245 g/mol. The Hall–Kier alpha value is -2.20. The molecule has 4 heteroatoms. The number of rotatable bonds is 3. The molecule has 2 aromatic rings. The van der Waals surface area contributed by atoms with E-state index in [4.69, 9.17) is 5.11 Å². The molecule has 2 N–H and O–H groups in total. The van der Waals surface area contributed by atoms with E-state index >= 15 is 0 Å². The van der Waals surface area contributed by atoms with Crippen LogP contribution in [0.25, 0.3) is 0 Å². The van der Waals surface area contributed by atoms with Crippen molar-refractivity contribution in [1.82, 2.24) is 0 Å². The first kappa shape index (κ1) is 12.3. The van der Waals surface area contributed by atoms with Gasteiger partial charge in [-0.1, -0.05) is 18.2 Å². The van der Waals surface area contributed by atoms with Crippen LogP contribution in [0.4, 0.5) is 10.1 Å². The quantitative estimate of drug-likeness (QED) is 0.873. The molecule has 0 fully saturated rings. The van der Waals surface area contributed by atoms with Crippen molar-refractivity contribution in [3.63, 3.8) is 0 Å². The van der Waals surface area contributed by atoms with E-state index in [-0.39, 0.29) is 18.1 Å². The van der Waals surface area contributed by atoms with Crippen LogP contribution >= 0.6 is 0 Å². The third-order valence-corrected chi connectivity index (χ3v) is 2.45. The van der Waals surface area contributed by atoms with Gasteiger partial charge in [-0.2, -0.15) is 0 Å². The zero-order chi connectivity index (χ0) is 13.0. The number of halogens is 1. The molecule has 0 unspecified atom stereocenters. The Labute approximate surface area is 104 Å². The van der Waals surface area contributed by atoms with Gasteiger partial charge >= 0.3 is 0 Å². The molecule has 0 heterocycles. The second kappa shape index (κ2) is 5.42. The standard InChI is InChI=1S/C14H12FNO2/c15-12-5-2-4-11(8-12)14(18)16-13-6-1-3-10(7-13)9-17/h1-8,17H,9H2,(H,16,18). The number of amides is 1. The zero-order valence-electron chi connectivity index (χ0n) is 9.56. The zero-order valence-corrected chi connectivity index (χ0v) is 9.56. The molecule has 0 spiro atoms. The number of nitrogens with one attached hydrogen (secondary N) is 1. The van der Waals surface area contributed by atoms with E-state index < -0.39 is 5.82 Å². The molecular formula is C14H12FNO2. The first-order valence-electron chi connectivity index (χ1n) is 5.46. The lowest BCUT2D eigenvalue weighted by atomic mass is 10.2. The second-order valence-electron chi connectivity index (χ2n) is 3.82. The fourth-order valence-corrected chi connectivity index (χ4v) is 1.58. The Kier molecular flexibility index (Phi) is 3.69. The fraction of sp³-hybridized carbons (Fsp3) is 0.0714. The molecule has 3 nitrogen and oxygen atoms in total. The predicted octanol–water partition coefficient (Wildman–Crippen LogP) is 2.57. The van der Waals surface area contributed by atoms with Crippen LogP contribution in [-0.2, 0) is 6.61 Å². The molecule has 0 aliphatic heterocycles. The largest absolute Gasteiger partial charge is 0.392 e. The predicted molar refractivity (Wildman–Crippen MR) is 66.7 cm³/mol. The number of anilines is 1. The topological polar surface area (TPSA) is 49.3 Å². The third kappa shape index (κ3) is 2.93. The fourth-order valence-electron chi connectivity index (χ4n) is 1.58. The van der Waals surface area contributed by atoms with E-state index in [1.165, 1.54) is 24.3 Å². The van der Waals surface area contributed by atoms with Gasteiger partial charge in [0.1, 0.15) is 5.82 Å². The van der Waals surface area contributed by atoms with Crippen molar-refractivity contribution in [2.24, 2.45) is 0 Å². The van der Waals surface area contributed by atoms with Crippen molar-refractivity contribution in [2.75, 3.05) is 5.32 Å². The third-order valence-electron chi connectivity index (χ3n) is 2.45. The number of hydrogen-bond acceptors (Lipinski definition) is 2. The molecule has 0 aliphatic carbocycles. The Morgan fingerprint density at radius 3 is 2.67 bits per heavy atom. The number of hydrogen-bond donors (Lipinski definition) is 2. The maximum absolute atomic E-state index is 13.0. The molecule has 0 radical (unpaired) electrons. The minimum Gasteiger partial charge on any atom is -0.392 e. The molecule has 0 saturated carbocycles. The van der Waals surface area contributed by atoms with Gasteiger partial charge in [0, 0.05) is 11.3 Å². The highest BCUT2D eigenvalue weighted by Crippen LogP contribution is 2.12. The molecular weight excluding hydrogens is 233 g/mol. The van der Waals surface area contributed by atoms with E-state index in [0.717, 1.165) is 0 Å². The molecule has 0 aliphatic rings. The number of aliphatic hydroxyl groups is 1. The normalized spacial score (nSPS) is 10.1. The van der Waals surface area contributed by atoms with Crippen LogP contribution < -0.4 is 5.32 Å². The molecule has 1 amide bonds. The summed E-state index contributed by atoms with van der Waals surface area (Å²) < 4.78 is 13.0. The lowest BCUT2D eigenvalue weighted by Crippen LogP contribution is -2.12. The summed E-state index contributed by atoms with van der Waals surface area (Å²) in [6, 6.07) is 12.3. The van der Waals surface area contributed by atoms with Gasteiger partial charge in [-0.15, -0.1) is 0 Å². The number of benzene rings is 2. The summed E-state index contributed by atoms with van der Waals surface area (Å²) in [4.78, 5) is 11.8. The minimum absolute atomic E-state index is 0.0936. The van der Waals surface area contributed by atoms with Gasteiger partial charge in [0.05, 0.1) is 6.61 Å². The lowest BCUT2D eigenvalue weighted by Gasteiger charge is -2.06. The van der Waals surface area contributed by atoms with E-state index in [9.17, 15) is 9.18 Å². The van der Waals surface area contributed by atoms with Crippen LogP contribution in [0.1, 0.15) is 15.9 Å². The molecule has 0 aromatic heterocycles. The number of carbonyl (C=O) groups excluding carboxylic acids is 1. The van der Waals surface area contributed by atoms with Crippen molar-refractivity contribution in [3.8, 4) is 0 Å². The van der Waals surface area contributed by atoms with Crippen LogP contribution in [0.5, 0.6) is 0 Å². The maximum Gasteiger partial charge on any atom is 0.255 e. The summed E-state index contributed by atoms with van der Waals surface area (Å²) in [5.74, 6) is -0.837. The molecule has 0 atom stereocenters. The van der Waals surface area contributed by atoms with E-state index in [0.29, 0.717) is 11.3 Å². The highest BCUT2D eigenvalue weighted by Gasteiger charge is 2.06. The highest BCUT2D eigenvalue weighted by molar-refractivity contribution is 6.04. The Bertz CT molecular complexity index is 569. The van der Waals surface area contributed by atoms with Crippen LogP contribution in [0, 0.1) is 5.82 Å². The first-order chi connectivity index (χ1) is 8.69. The van der Waals surface area contributed by atoms with Crippen molar-refractivity contribution < 1.29 is 14.3 Å². The Balaban J connectivity index is 2.16. The van der Waals surface area contributed by atoms with Crippen LogP contribution in [0.15, 0.2) is 48.5 Å². The summed E-state index contributed by atoms with van der Waals surface area (Å²) in [5, 5.41) is 11.6. The molecule has 0 bridgehead atoms. The SMILES string of the molecule is O=C(Nc1cccc(CO)c1)c1cccc(F)c1. The Morgan fingerprint density at radius 2 is 1.94 bits per heavy atom. The summed E-state index contributed by atoms with van der Waals surface area (Å²) in [7, 11) is 0. The maximum atomic E-state index is 13.0. The summed E-state index contributed by atoms with van der Waals surface area (Å²) in [6.45, 7) is -0.0936. The summed E-state index contributed by atoms with van der Waals surface area (Å²) in [6.07, 6.45) is 0. The van der Waals surface area contributed by atoms with Gasteiger partial charge in [-0.25, -0.2) is 4.39 Å². The minimum atomic E-state index is -0.452. The summed E-state index contributed by atoms with van der Waals surface area (Å²) in [5.41, 5.74) is 1.52. The van der Waals surface area contributed by atoms with Gasteiger partial charge in [-0.3, -0.25) is 4.79 Å². The van der Waals surface area contributed by atoms with Crippen LogP contribution in [0.2, 0.25) is 0 Å². The van der Waals surface area contributed by atoms with Crippen molar-refractivity contribution in [3.05, 3.63) is 65.5 Å². The van der Waals surface area contributed by atoms with E-state index in [1.54, 1.807) is 24.3 Å². The number of carbonyl (C=O) groups is 1. The van der Waals surface area contributed by atoms with Gasteiger partial charge in [0.25, 0.3) is 5.91 Å². The van der Waals surface area contributed by atoms with Crippen molar-refractivity contribution >= 4 is 11.6 Å². The Morgan fingerprint density at radius 1 is 1.17 bits per heavy atom. The second-order valence-corrected chi connectivity index (χ2v) is 3.82. The average Bonchev–Trinajstić information content (AvgIpc) is 2.39. The van der Waals surface area contributed by atoms with E-state index in [1.807, 2.05) is 0 Å². The lowest BCUT2D eigenvalue weighted by molar-refractivity contribution is 0.102. The van der Waals surface area contributed by atoms with Crippen LogP contribution in [-0.4, -0.2) is 11.0 Å². The average molecular weight is 245 g/mol.